The minimum absolute atomic E-state index is 0.0313. The molecule has 0 aliphatic carbocycles. The Balaban J connectivity index is 1.60. The van der Waals surface area contributed by atoms with Crippen molar-refractivity contribution >= 4 is 15.9 Å². The molecule has 6 nitrogen and oxygen atoms in total. The maximum absolute atomic E-state index is 12.8. The Kier molecular flexibility index (Phi) is 6.36. The predicted molar refractivity (Wildman–Crippen MR) is 110 cm³/mol. The summed E-state index contributed by atoms with van der Waals surface area (Å²) in [5.41, 5.74) is 2.63. The fourth-order valence-corrected chi connectivity index (χ4v) is 5.16. The van der Waals surface area contributed by atoms with Gasteiger partial charge in [0.15, 0.2) is 0 Å². The number of piperidine rings is 1. The molecule has 2 aromatic carbocycles. The number of carbonyl (C=O) groups excluding carboxylic acids is 1. The van der Waals surface area contributed by atoms with Crippen LogP contribution < -0.4 is 5.32 Å². The zero-order chi connectivity index (χ0) is 21.0. The minimum atomic E-state index is -3.62. The van der Waals surface area contributed by atoms with Crippen molar-refractivity contribution in [3.8, 4) is 6.07 Å². The summed E-state index contributed by atoms with van der Waals surface area (Å²) in [5.74, 6) is -0.231. The monoisotopic (exact) mass is 411 g/mol. The normalized spacial score (nSPS) is 16.7. The Hall–Kier alpha value is -2.69. The molecule has 1 N–H and O–H groups in total. The summed E-state index contributed by atoms with van der Waals surface area (Å²) in [4.78, 5) is 12.9. The predicted octanol–water partition coefficient (Wildman–Crippen LogP) is 3.14. The van der Waals surface area contributed by atoms with Crippen molar-refractivity contribution in [2.45, 2.75) is 37.6 Å². The van der Waals surface area contributed by atoms with Gasteiger partial charge in [-0.05, 0) is 62.1 Å². The highest BCUT2D eigenvalue weighted by Gasteiger charge is 2.32. The van der Waals surface area contributed by atoms with E-state index in [1.165, 1.54) is 28.6 Å². The Labute approximate surface area is 172 Å². The van der Waals surface area contributed by atoms with Crippen LogP contribution in [-0.2, 0) is 14.8 Å². The van der Waals surface area contributed by atoms with E-state index in [1.54, 1.807) is 0 Å². The summed E-state index contributed by atoms with van der Waals surface area (Å²) >= 11 is 0. The fourth-order valence-electron chi connectivity index (χ4n) is 3.69. The second-order valence-corrected chi connectivity index (χ2v) is 9.34. The number of benzene rings is 2. The molecule has 1 unspecified atom stereocenters. The molecule has 1 atom stereocenters. The first-order chi connectivity index (χ1) is 13.8. The Morgan fingerprint density at radius 3 is 2.34 bits per heavy atom. The quantitative estimate of drug-likeness (QED) is 0.818. The zero-order valence-corrected chi connectivity index (χ0v) is 17.4. The second kappa shape index (κ2) is 8.76. The largest absolute Gasteiger partial charge is 0.349 e. The van der Waals surface area contributed by atoms with E-state index in [2.05, 4.69) is 5.32 Å². The number of nitrogens with zero attached hydrogens (tertiary/aromatic N) is 2. The lowest BCUT2D eigenvalue weighted by atomic mass is 9.96. The molecule has 0 saturated carbocycles. The molecular weight excluding hydrogens is 386 g/mol. The first kappa shape index (κ1) is 21.0. The van der Waals surface area contributed by atoms with Crippen LogP contribution in [0.15, 0.2) is 53.4 Å². The van der Waals surface area contributed by atoms with Crippen molar-refractivity contribution in [1.29, 1.82) is 5.26 Å². The maximum Gasteiger partial charge on any atom is 0.243 e. The third kappa shape index (κ3) is 4.66. The molecule has 7 heteroatoms. The zero-order valence-electron chi connectivity index (χ0n) is 16.6. The van der Waals surface area contributed by atoms with E-state index in [0.717, 1.165) is 11.1 Å². The Morgan fingerprint density at radius 1 is 1.14 bits per heavy atom. The van der Waals surface area contributed by atoms with Crippen molar-refractivity contribution in [3.05, 3.63) is 65.2 Å². The third-order valence-electron chi connectivity index (χ3n) is 5.46. The van der Waals surface area contributed by atoms with E-state index in [0.29, 0.717) is 31.5 Å². The van der Waals surface area contributed by atoms with Gasteiger partial charge in [-0.25, -0.2) is 8.42 Å². The lowest BCUT2D eigenvalue weighted by Crippen LogP contribution is -2.43. The van der Waals surface area contributed by atoms with Crippen LogP contribution in [0.1, 0.15) is 42.5 Å². The second-order valence-electron chi connectivity index (χ2n) is 7.40. The molecule has 2 aromatic rings. The van der Waals surface area contributed by atoms with Crippen LogP contribution in [0, 0.1) is 24.2 Å². The van der Waals surface area contributed by atoms with Gasteiger partial charge in [-0.3, -0.25) is 4.79 Å². The lowest BCUT2D eigenvalue weighted by molar-refractivity contribution is -0.126. The molecule has 0 aromatic heterocycles. The van der Waals surface area contributed by atoms with Crippen LogP contribution >= 0.6 is 0 Å². The topological polar surface area (TPSA) is 90.3 Å². The number of carbonyl (C=O) groups is 1. The van der Waals surface area contributed by atoms with Crippen LogP contribution in [0.3, 0.4) is 0 Å². The molecule has 0 bridgehead atoms. The maximum atomic E-state index is 12.8. The van der Waals surface area contributed by atoms with Gasteiger partial charge in [0.2, 0.25) is 15.9 Å². The van der Waals surface area contributed by atoms with Crippen molar-refractivity contribution in [1.82, 2.24) is 9.62 Å². The number of aryl methyl sites for hydroxylation is 1. The summed E-state index contributed by atoms with van der Waals surface area (Å²) in [6.45, 7) is 4.59. The van der Waals surface area contributed by atoms with Crippen LogP contribution in [0.2, 0.25) is 0 Å². The van der Waals surface area contributed by atoms with Crippen LogP contribution in [-0.4, -0.2) is 31.7 Å². The number of hydrogen-bond acceptors (Lipinski definition) is 4. The molecular formula is C22H25N3O3S. The van der Waals surface area contributed by atoms with E-state index in [4.69, 9.17) is 5.26 Å². The lowest BCUT2D eigenvalue weighted by Gasteiger charge is -2.31. The van der Waals surface area contributed by atoms with Crippen molar-refractivity contribution < 1.29 is 13.2 Å². The van der Waals surface area contributed by atoms with E-state index in [-0.39, 0.29) is 22.8 Å². The van der Waals surface area contributed by atoms with E-state index >= 15 is 0 Å². The number of rotatable bonds is 5. The van der Waals surface area contributed by atoms with Crippen LogP contribution in [0.25, 0.3) is 0 Å². The summed E-state index contributed by atoms with van der Waals surface area (Å²) < 4.78 is 27.0. The molecule has 1 saturated heterocycles. The highest BCUT2D eigenvalue weighted by Crippen LogP contribution is 2.25. The summed E-state index contributed by atoms with van der Waals surface area (Å²) in [6, 6.07) is 15.7. The van der Waals surface area contributed by atoms with Gasteiger partial charge < -0.3 is 5.32 Å². The van der Waals surface area contributed by atoms with Gasteiger partial charge in [0.25, 0.3) is 0 Å². The molecule has 1 heterocycles. The van der Waals surface area contributed by atoms with Gasteiger partial charge in [-0.15, -0.1) is 0 Å². The first-order valence-electron chi connectivity index (χ1n) is 9.69. The molecule has 29 heavy (non-hydrogen) atoms. The summed E-state index contributed by atoms with van der Waals surface area (Å²) in [7, 11) is -3.62. The Bertz CT molecular complexity index is 1020. The van der Waals surface area contributed by atoms with E-state index in [9.17, 15) is 13.2 Å². The number of sulfonamides is 1. The number of nitrogens with one attached hydrogen (secondary N) is 1. The molecule has 0 radical (unpaired) electrons. The molecule has 3 rings (SSSR count). The number of amides is 1. The summed E-state index contributed by atoms with van der Waals surface area (Å²) in [6.07, 6.45) is 0.976. The van der Waals surface area contributed by atoms with Gasteiger partial charge in [-0.1, -0.05) is 24.3 Å². The number of hydrogen-bond donors (Lipinski definition) is 1. The molecule has 1 amide bonds. The molecule has 0 spiro atoms. The average molecular weight is 412 g/mol. The van der Waals surface area contributed by atoms with Gasteiger partial charge in [-0.2, -0.15) is 9.57 Å². The highest BCUT2D eigenvalue weighted by molar-refractivity contribution is 7.89. The van der Waals surface area contributed by atoms with E-state index in [1.807, 2.05) is 44.2 Å². The van der Waals surface area contributed by atoms with Gasteiger partial charge in [0, 0.05) is 19.0 Å². The van der Waals surface area contributed by atoms with Gasteiger partial charge >= 0.3 is 0 Å². The molecule has 1 fully saturated rings. The molecule has 152 valence electrons. The van der Waals surface area contributed by atoms with Gasteiger partial charge in [0.05, 0.1) is 22.6 Å². The van der Waals surface area contributed by atoms with Crippen molar-refractivity contribution in [2.24, 2.45) is 5.92 Å². The van der Waals surface area contributed by atoms with Gasteiger partial charge in [0.1, 0.15) is 0 Å². The van der Waals surface area contributed by atoms with Crippen LogP contribution in [0.5, 0.6) is 0 Å². The number of nitriles is 1. The standard InChI is InChI=1S/C22H25N3O3S/c1-16-5-3-4-6-21(16)17(2)24-22(26)19-11-13-25(14-12-19)29(27,28)20-9-7-18(15-23)8-10-20/h3-10,17,19H,11-14H2,1-2H3,(H,24,26). The summed E-state index contributed by atoms with van der Waals surface area (Å²) in [5, 5.41) is 11.9. The molecule has 1 aliphatic rings. The SMILES string of the molecule is Cc1ccccc1C(C)NC(=O)C1CCN(S(=O)(=O)c2ccc(C#N)cc2)CC1. The fraction of sp³-hybridized carbons (Fsp3) is 0.364. The highest BCUT2D eigenvalue weighted by atomic mass is 32.2. The van der Waals surface area contributed by atoms with Crippen molar-refractivity contribution in [3.63, 3.8) is 0 Å². The average Bonchev–Trinajstić information content (AvgIpc) is 2.74. The van der Waals surface area contributed by atoms with Crippen LogP contribution in [0.4, 0.5) is 0 Å². The Morgan fingerprint density at radius 2 is 1.76 bits per heavy atom. The first-order valence-corrected chi connectivity index (χ1v) is 11.1. The molecule has 1 aliphatic heterocycles. The smallest absolute Gasteiger partial charge is 0.243 e. The van der Waals surface area contributed by atoms with Crippen molar-refractivity contribution in [2.75, 3.05) is 13.1 Å². The van der Waals surface area contributed by atoms with E-state index < -0.39 is 10.0 Å². The third-order valence-corrected chi connectivity index (χ3v) is 7.37. The minimum Gasteiger partial charge on any atom is -0.349 e.